The molecule has 0 aliphatic rings. The highest BCUT2D eigenvalue weighted by atomic mass is 19.3. The van der Waals surface area contributed by atoms with Crippen LogP contribution in [0.4, 0.5) is 19.3 Å². The molecule has 0 aliphatic carbocycles. The van der Waals surface area contributed by atoms with Crippen LogP contribution in [-0.2, 0) is 11.2 Å². The van der Waals surface area contributed by atoms with E-state index in [4.69, 9.17) is 10.5 Å². The molecule has 0 heterocycles. The minimum atomic E-state index is -2.72. The molecule has 0 spiro atoms. The van der Waals surface area contributed by atoms with Crippen molar-refractivity contribution in [2.24, 2.45) is 5.73 Å². The molecule has 0 saturated heterocycles. The van der Waals surface area contributed by atoms with Gasteiger partial charge in [0, 0.05) is 11.8 Å². The molecular weight excluding hydrogens is 294 g/mol. The fraction of sp³-hybridized carbons (Fsp3) is 0.533. The van der Waals surface area contributed by atoms with Gasteiger partial charge < -0.3 is 15.6 Å². The monoisotopic (exact) mass is 316 g/mol. The maximum Gasteiger partial charge on any atom is 0.412 e. The third kappa shape index (κ3) is 5.48. The molecule has 124 valence electrons. The first-order valence-electron chi connectivity index (χ1n) is 6.79. The summed E-state index contributed by atoms with van der Waals surface area (Å²) in [5.74, 6) is -0.217. The van der Waals surface area contributed by atoms with E-state index < -0.39 is 23.7 Å². The van der Waals surface area contributed by atoms with Crippen molar-refractivity contribution < 1.29 is 23.4 Å². The number of benzene rings is 1. The number of amides is 1. The Labute approximate surface area is 128 Å². The van der Waals surface area contributed by atoms with Crippen LogP contribution in [0.2, 0.25) is 0 Å². The standard InChI is InChI=1S/C15H22F2N2O3/c1-14(2,3)22-13(21)19-10-6-5-9(11(20)7-10)8-15(4,18)12(16)17/h5-7,12,20H,8,18H2,1-4H3,(H,19,21). The molecule has 0 aromatic heterocycles. The van der Waals surface area contributed by atoms with Crippen LogP contribution in [0.1, 0.15) is 33.3 Å². The summed E-state index contributed by atoms with van der Waals surface area (Å²) in [7, 11) is 0. The minimum absolute atomic E-state index is 0.191. The number of nitrogens with one attached hydrogen (secondary N) is 1. The van der Waals surface area contributed by atoms with Crippen molar-refractivity contribution in [1.29, 1.82) is 0 Å². The van der Waals surface area contributed by atoms with E-state index in [1.807, 2.05) is 0 Å². The predicted molar refractivity (Wildman–Crippen MR) is 80.3 cm³/mol. The highest BCUT2D eigenvalue weighted by Gasteiger charge is 2.31. The van der Waals surface area contributed by atoms with Gasteiger partial charge in [0.1, 0.15) is 11.4 Å². The van der Waals surface area contributed by atoms with Crippen LogP contribution >= 0.6 is 0 Å². The fourth-order valence-electron chi connectivity index (χ4n) is 1.70. The summed E-state index contributed by atoms with van der Waals surface area (Å²) in [5, 5.41) is 12.3. The summed E-state index contributed by atoms with van der Waals surface area (Å²) in [6.07, 6.45) is -3.58. The fourth-order valence-corrected chi connectivity index (χ4v) is 1.70. The molecule has 4 N–H and O–H groups in total. The van der Waals surface area contributed by atoms with E-state index in [1.54, 1.807) is 20.8 Å². The van der Waals surface area contributed by atoms with E-state index in [2.05, 4.69) is 5.32 Å². The Balaban J connectivity index is 2.80. The van der Waals surface area contributed by atoms with Crippen LogP contribution in [0.3, 0.4) is 0 Å². The average molecular weight is 316 g/mol. The second kappa shape index (κ2) is 6.48. The summed E-state index contributed by atoms with van der Waals surface area (Å²) in [6, 6.07) is 4.19. The molecule has 1 aromatic rings. The maximum absolute atomic E-state index is 12.8. The molecule has 1 atom stereocenters. The van der Waals surface area contributed by atoms with E-state index in [0.717, 1.165) is 0 Å². The van der Waals surface area contributed by atoms with Gasteiger partial charge in [0.2, 0.25) is 0 Å². The van der Waals surface area contributed by atoms with Crippen molar-refractivity contribution in [3.05, 3.63) is 23.8 Å². The summed E-state index contributed by atoms with van der Waals surface area (Å²) in [6.45, 7) is 6.38. The Morgan fingerprint density at radius 1 is 1.36 bits per heavy atom. The van der Waals surface area contributed by atoms with Crippen molar-refractivity contribution in [3.8, 4) is 5.75 Å². The van der Waals surface area contributed by atoms with Crippen molar-refractivity contribution >= 4 is 11.8 Å². The number of alkyl halides is 2. The molecule has 0 bridgehead atoms. The highest BCUT2D eigenvalue weighted by molar-refractivity contribution is 5.85. The lowest BCUT2D eigenvalue weighted by molar-refractivity contribution is 0.0634. The molecule has 1 unspecified atom stereocenters. The predicted octanol–water partition coefficient (Wildman–Crippen LogP) is 3.26. The second-order valence-electron chi connectivity index (χ2n) is 6.45. The lowest BCUT2D eigenvalue weighted by atomic mass is 9.94. The Kier molecular flexibility index (Phi) is 5.35. The van der Waals surface area contributed by atoms with Gasteiger partial charge in [-0.3, -0.25) is 5.32 Å². The zero-order chi connectivity index (χ0) is 17.1. The number of anilines is 1. The van der Waals surface area contributed by atoms with E-state index in [9.17, 15) is 18.7 Å². The zero-order valence-corrected chi connectivity index (χ0v) is 13.1. The van der Waals surface area contributed by atoms with Gasteiger partial charge in [-0.05, 0) is 45.7 Å². The van der Waals surface area contributed by atoms with Gasteiger partial charge in [0.15, 0.2) is 0 Å². The largest absolute Gasteiger partial charge is 0.508 e. The van der Waals surface area contributed by atoms with Crippen LogP contribution in [0.15, 0.2) is 18.2 Å². The molecule has 22 heavy (non-hydrogen) atoms. The van der Waals surface area contributed by atoms with E-state index in [-0.39, 0.29) is 17.7 Å². The van der Waals surface area contributed by atoms with Gasteiger partial charge in [-0.15, -0.1) is 0 Å². The molecule has 1 amide bonds. The van der Waals surface area contributed by atoms with Crippen molar-refractivity contribution in [2.75, 3.05) is 5.32 Å². The van der Waals surface area contributed by atoms with Gasteiger partial charge in [-0.2, -0.15) is 0 Å². The molecule has 0 aliphatic heterocycles. The number of phenolic OH excluding ortho intramolecular Hbond substituents is 1. The normalized spacial score (nSPS) is 14.5. The number of carbonyl (C=O) groups is 1. The SMILES string of the molecule is CC(C)(C)OC(=O)Nc1ccc(CC(C)(N)C(F)F)c(O)c1. The van der Waals surface area contributed by atoms with Crippen LogP contribution in [0.25, 0.3) is 0 Å². The van der Waals surface area contributed by atoms with E-state index in [1.165, 1.54) is 25.1 Å². The van der Waals surface area contributed by atoms with Gasteiger partial charge in [-0.25, -0.2) is 13.6 Å². The number of ether oxygens (including phenoxy) is 1. The van der Waals surface area contributed by atoms with Crippen molar-refractivity contribution in [2.45, 2.75) is 51.7 Å². The smallest absolute Gasteiger partial charge is 0.412 e. The molecule has 0 radical (unpaired) electrons. The Morgan fingerprint density at radius 2 is 1.95 bits per heavy atom. The van der Waals surface area contributed by atoms with Gasteiger partial charge in [0.25, 0.3) is 6.43 Å². The Hall–Kier alpha value is -1.89. The molecule has 0 saturated carbocycles. The van der Waals surface area contributed by atoms with Crippen LogP contribution < -0.4 is 11.1 Å². The summed E-state index contributed by atoms with van der Waals surface area (Å²) in [5.41, 5.74) is 3.69. The average Bonchev–Trinajstić information content (AvgIpc) is 2.29. The molecule has 5 nitrogen and oxygen atoms in total. The highest BCUT2D eigenvalue weighted by Crippen LogP contribution is 2.27. The second-order valence-corrected chi connectivity index (χ2v) is 6.45. The topological polar surface area (TPSA) is 84.6 Å². The van der Waals surface area contributed by atoms with Crippen LogP contribution in [-0.4, -0.2) is 28.8 Å². The number of hydrogen-bond acceptors (Lipinski definition) is 4. The lowest BCUT2D eigenvalue weighted by Crippen LogP contribution is -2.45. The van der Waals surface area contributed by atoms with Crippen molar-refractivity contribution in [1.82, 2.24) is 0 Å². The molecule has 7 heteroatoms. The number of hydrogen-bond donors (Lipinski definition) is 3. The Morgan fingerprint density at radius 3 is 2.41 bits per heavy atom. The molecule has 0 fully saturated rings. The van der Waals surface area contributed by atoms with Gasteiger partial charge in [0.05, 0.1) is 5.54 Å². The van der Waals surface area contributed by atoms with Crippen LogP contribution in [0.5, 0.6) is 5.75 Å². The van der Waals surface area contributed by atoms with Crippen LogP contribution in [0, 0.1) is 0 Å². The zero-order valence-electron chi connectivity index (χ0n) is 13.1. The number of halogens is 2. The van der Waals surface area contributed by atoms with Crippen molar-refractivity contribution in [3.63, 3.8) is 0 Å². The number of carbonyl (C=O) groups excluding carboxylic acids is 1. The number of rotatable bonds is 4. The quantitative estimate of drug-likeness (QED) is 0.796. The molecule has 1 aromatic carbocycles. The summed E-state index contributed by atoms with van der Waals surface area (Å²) in [4.78, 5) is 11.6. The summed E-state index contributed by atoms with van der Waals surface area (Å²) >= 11 is 0. The number of nitrogens with two attached hydrogens (primary N) is 1. The maximum atomic E-state index is 12.8. The first-order chi connectivity index (χ1) is 9.90. The summed E-state index contributed by atoms with van der Waals surface area (Å²) < 4.78 is 30.6. The minimum Gasteiger partial charge on any atom is -0.508 e. The third-order valence-corrected chi connectivity index (χ3v) is 2.80. The molecular formula is C15H22F2N2O3. The first kappa shape index (κ1) is 18.2. The Bertz CT molecular complexity index is 540. The lowest BCUT2D eigenvalue weighted by Gasteiger charge is -2.24. The first-order valence-corrected chi connectivity index (χ1v) is 6.79. The molecule has 1 rings (SSSR count). The van der Waals surface area contributed by atoms with Gasteiger partial charge >= 0.3 is 6.09 Å². The van der Waals surface area contributed by atoms with E-state index in [0.29, 0.717) is 5.69 Å². The number of aromatic hydroxyl groups is 1. The van der Waals surface area contributed by atoms with E-state index >= 15 is 0 Å². The van der Waals surface area contributed by atoms with Gasteiger partial charge in [-0.1, -0.05) is 6.07 Å². The third-order valence-electron chi connectivity index (χ3n) is 2.80. The number of phenols is 1.